The number of rotatable bonds is 2. The van der Waals surface area contributed by atoms with Gasteiger partial charge < -0.3 is 0 Å². The number of carbonyl (C=O) groups excluding carboxylic acids is 1. The van der Waals surface area contributed by atoms with E-state index in [0.29, 0.717) is 12.3 Å². The van der Waals surface area contributed by atoms with Crippen LogP contribution in [0.2, 0.25) is 0 Å². The van der Waals surface area contributed by atoms with E-state index < -0.39 is 0 Å². The van der Waals surface area contributed by atoms with Crippen molar-refractivity contribution in [3.8, 4) is 12.3 Å². The second-order valence-electron chi connectivity index (χ2n) is 4.95. The molecule has 2 heteroatoms. The Morgan fingerprint density at radius 1 is 1.57 bits per heavy atom. The quantitative estimate of drug-likeness (QED) is 0.622. The standard InChI is InChI=1S/C12H19NO/c1-5-8-13-9-6-7-10(13)11(14)12(2,3)4/h1,10H,6-9H2,2-4H3/t10-/m1/s1. The van der Waals surface area contributed by atoms with Crippen LogP contribution in [-0.4, -0.2) is 29.8 Å². The van der Waals surface area contributed by atoms with E-state index in [0.717, 1.165) is 19.4 Å². The van der Waals surface area contributed by atoms with Crippen LogP contribution < -0.4 is 0 Å². The van der Waals surface area contributed by atoms with Crippen LogP contribution in [0.3, 0.4) is 0 Å². The summed E-state index contributed by atoms with van der Waals surface area (Å²) >= 11 is 0. The molecule has 1 saturated heterocycles. The number of ketones is 1. The summed E-state index contributed by atoms with van der Waals surface area (Å²) in [5.41, 5.74) is -0.248. The van der Waals surface area contributed by atoms with Gasteiger partial charge in [-0.05, 0) is 19.4 Å². The lowest BCUT2D eigenvalue weighted by Crippen LogP contribution is -2.42. The minimum absolute atomic E-state index is 0.0612. The monoisotopic (exact) mass is 193 g/mol. The summed E-state index contributed by atoms with van der Waals surface area (Å²) in [5, 5.41) is 0. The van der Waals surface area contributed by atoms with Gasteiger partial charge in [-0.2, -0.15) is 0 Å². The molecule has 1 heterocycles. The molecule has 0 amide bonds. The minimum Gasteiger partial charge on any atom is -0.297 e. The highest BCUT2D eigenvalue weighted by Crippen LogP contribution is 2.26. The van der Waals surface area contributed by atoms with Gasteiger partial charge in [-0.1, -0.05) is 26.7 Å². The largest absolute Gasteiger partial charge is 0.297 e. The van der Waals surface area contributed by atoms with Gasteiger partial charge in [0, 0.05) is 5.41 Å². The van der Waals surface area contributed by atoms with Gasteiger partial charge in [-0.15, -0.1) is 6.42 Å². The van der Waals surface area contributed by atoms with Crippen molar-refractivity contribution < 1.29 is 4.79 Å². The van der Waals surface area contributed by atoms with Crippen LogP contribution in [0, 0.1) is 17.8 Å². The van der Waals surface area contributed by atoms with Gasteiger partial charge in [0.15, 0.2) is 5.78 Å². The van der Waals surface area contributed by atoms with E-state index in [1.165, 1.54) is 0 Å². The van der Waals surface area contributed by atoms with Crippen molar-refractivity contribution in [2.45, 2.75) is 39.7 Å². The summed E-state index contributed by atoms with van der Waals surface area (Å²) in [6.45, 7) is 7.49. The van der Waals surface area contributed by atoms with E-state index in [4.69, 9.17) is 6.42 Å². The fraction of sp³-hybridized carbons (Fsp3) is 0.750. The third kappa shape index (κ3) is 2.36. The fourth-order valence-electron chi connectivity index (χ4n) is 1.93. The summed E-state index contributed by atoms with van der Waals surface area (Å²) in [6, 6.07) is 0.0612. The molecule has 14 heavy (non-hydrogen) atoms. The number of carbonyl (C=O) groups is 1. The number of hydrogen-bond donors (Lipinski definition) is 0. The van der Waals surface area contributed by atoms with Crippen molar-refractivity contribution in [1.29, 1.82) is 0 Å². The maximum atomic E-state index is 12.0. The molecule has 0 aromatic heterocycles. The van der Waals surface area contributed by atoms with E-state index in [2.05, 4.69) is 10.8 Å². The summed E-state index contributed by atoms with van der Waals surface area (Å²) in [4.78, 5) is 14.2. The number of likely N-dealkylation sites (tertiary alicyclic amines) is 1. The highest BCUT2D eigenvalue weighted by atomic mass is 16.1. The summed E-state index contributed by atoms with van der Waals surface area (Å²) in [5.74, 6) is 2.94. The predicted octanol–water partition coefficient (Wildman–Crippen LogP) is 1.70. The number of terminal acetylenes is 1. The molecule has 0 aliphatic carbocycles. The molecule has 0 bridgehead atoms. The maximum Gasteiger partial charge on any atom is 0.155 e. The Hall–Kier alpha value is -0.810. The van der Waals surface area contributed by atoms with Gasteiger partial charge in [-0.25, -0.2) is 0 Å². The molecule has 1 aliphatic rings. The van der Waals surface area contributed by atoms with Crippen LogP contribution >= 0.6 is 0 Å². The Morgan fingerprint density at radius 3 is 2.71 bits per heavy atom. The fourth-order valence-corrected chi connectivity index (χ4v) is 1.93. The molecule has 0 radical (unpaired) electrons. The number of Topliss-reactive ketones (excluding diaryl/α,β-unsaturated/α-hetero) is 1. The van der Waals surface area contributed by atoms with E-state index in [1.807, 2.05) is 20.8 Å². The number of nitrogens with zero attached hydrogens (tertiary/aromatic N) is 1. The first-order valence-corrected chi connectivity index (χ1v) is 5.18. The van der Waals surface area contributed by atoms with Crippen molar-refractivity contribution in [3.05, 3.63) is 0 Å². The second kappa shape index (κ2) is 4.14. The van der Waals surface area contributed by atoms with Gasteiger partial charge in [-0.3, -0.25) is 9.69 Å². The van der Waals surface area contributed by atoms with Crippen LogP contribution in [0.4, 0.5) is 0 Å². The van der Waals surface area contributed by atoms with Crippen LogP contribution in [0.5, 0.6) is 0 Å². The highest BCUT2D eigenvalue weighted by Gasteiger charge is 2.35. The summed E-state index contributed by atoms with van der Waals surface area (Å²) in [6.07, 6.45) is 7.34. The summed E-state index contributed by atoms with van der Waals surface area (Å²) < 4.78 is 0. The zero-order chi connectivity index (χ0) is 10.8. The predicted molar refractivity (Wildman–Crippen MR) is 57.9 cm³/mol. The minimum atomic E-state index is -0.248. The van der Waals surface area contributed by atoms with E-state index >= 15 is 0 Å². The van der Waals surface area contributed by atoms with Gasteiger partial charge in [0.25, 0.3) is 0 Å². The van der Waals surface area contributed by atoms with Crippen LogP contribution in [0.25, 0.3) is 0 Å². The first-order chi connectivity index (χ1) is 6.46. The molecule has 0 aromatic carbocycles. The molecular formula is C12H19NO. The van der Waals surface area contributed by atoms with E-state index in [-0.39, 0.29) is 11.5 Å². The molecule has 1 atom stereocenters. The van der Waals surface area contributed by atoms with Crippen molar-refractivity contribution >= 4 is 5.78 Å². The Balaban J connectivity index is 2.68. The molecule has 0 N–H and O–H groups in total. The van der Waals surface area contributed by atoms with Crippen molar-refractivity contribution in [3.63, 3.8) is 0 Å². The molecule has 78 valence electrons. The average molecular weight is 193 g/mol. The molecule has 0 aromatic rings. The number of hydrogen-bond acceptors (Lipinski definition) is 2. The lowest BCUT2D eigenvalue weighted by molar-refractivity contribution is -0.130. The third-order valence-corrected chi connectivity index (χ3v) is 2.70. The molecule has 1 fully saturated rings. The SMILES string of the molecule is C#CCN1CCC[C@@H]1C(=O)C(C)(C)C. The zero-order valence-electron chi connectivity index (χ0n) is 9.34. The zero-order valence-corrected chi connectivity index (χ0v) is 9.34. The van der Waals surface area contributed by atoms with Crippen LogP contribution in [-0.2, 0) is 4.79 Å². The van der Waals surface area contributed by atoms with Gasteiger partial charge >= 0.3 is 0 Å². The summed E-state index contributed by atoms with van der Waals surface area (Å²) in [7, 11) is 0. The van der Waals surface area contributed by atoms with Gasteiger partial charge in [0.2, 0.25) is 0 Å². The Bertz CT molecular complexity index is 256. The smallest absolute Gasteiger partial charge is 0.155 e. The second-order valence-corrected chi connectivity index (χ2v) is 4.95. The van der Waals surface area contributed by atoms with Crippen molar-refractivity contribution in [2.24, 2.45) is 5.41 Å². The molecule has 0 unspecified atom stereocenters. The molecule has 0 saturated carbocycles. The Kier molecular flexibility index (Phi) is 3.34. The van der Waals surface area contributed by atoms with Crippen LogP contribution in [0.15, 0.2) is 0 Å². The average Bonchev–Trinajstić information content (AvgIpc) is 2.50. The first-order valence-electron chi connectivity index (χ1n) is 5.18. The Labute approximate surface area is 86.7 Å². The molecule has 0 spiro atoms. The molecular weight excluding hydrogens is 174 g/mol. The molecule has 1 aliphatic heterocycles. The maximum absolute atomic E-state index is 12.0. The van der Waals surface area contributed by atoms with Crippen molar-refractivity contribution in [1.82, 2.24) is 4.90 Å². The van der Waals surface area contributed by atoms with E-state index in [9.17, 15) is 4.79 Å². The molecule has 2 nitrogen and oxygen atoms in total. The first kappa shape index (κ1) is 11.3. The van der Waals surface area contributed by atoms with E-state index in [1.54, 1.807) is 0 Å². The van der Waals surface area contributed by atoms with Crippen molar-refractivity contribution in [2.75, 3.05) is 13.1 Å². The van der Waals surface area contributed by atoms with Gasteiger partial charge in [0.05, 0.1) is 12.6 Å². The molecule has 1 rings (SSSR count). The highest BCUT2D eigenvalue weighted by molar-refractivity contribution is 5.89. The third-order valence-electron chi connectivity index (χ3n) is 2.70. The lowest BCUT2D eigenvalue weighted by atomic mass is 9.85. The van der Waals surface area contributed by atoms with Gasteiger partial charge in [0.1, 0.15) is 0 Å². The normalized spacial score (nSPS) is 23.4. The lowest BCUT2D eigenvalue weighted by Gasteiger charge is -2.27. The topological polar surface area (TPSA) is 20.3 Å². The Morgan fingerprint density at radius 2 is 2.21 bits per heavy atom. The van der Waals surface area contributed by atoms with Crippen LogP contribution in [0.1, 0.15) is 33.6 Å².